The summed E-state index contributed by atoms with van der Waals surface area (Å²) in [6.45, 7) is 3.57. The Morgan fingerprint density at radius 3 is 2.62 bits per heavy atom. The lowest BCUT2D eigenvalue weighted by molar-refractivity contribution is -0.139. The third kappa shape index (κ3) is 4.36. The molecular formula is C20H29N3O3. The molecule has 1 aromatic carbocycles. The molecule has 1 saturated carbocycles. The molecule has 1 aromatic rings. The third-order valence-corrected chi connectivity index (χ3v) is 5.65. The quantitative estimate of drug-likeness (QED) is 0.819. The first-order valence-corrected chi connectivity index (χ1v) is 9.66. The van der Waals surface area contributed by atoms with Crippen molar-refractivity contribution in [1.29, 1.82) is 0 Å². The summed E-state index contributed by atoms with van der Waals surface area (Å²) in [4.78, 5) is 27.7. The molecule has 1 heterocycles. The Bertz CT molecular complexity index is 616. The van der Waals surface area contributed by atoms with Crippen molar-refractivity contribution in [2.24, 2.45) is 0 Å². The maximum Gasteiger partial charge on any atom is 0.318 e. The van der Waals surface area contributed by atoms with E-state index in [0.29, 0.717) is 0 Å². The zero-order valence-corrected chi connectivity index (χ0v) is 15.4. The van der Waals surface area contributed by atoms with Gasteiger partial charge in [-0.1, -0.05) is 37.3 Å². The number of urea groups is 1. The SMILES string of the molecule is CCN(CC(=O)O)C1CC(NC(=O)N2CCCCC2c2ccccc2)C1. The largest absolute Gasteiger partial charge is 0.480 e. The maximum atomic E-state index is 12.8. The Balaban J connectivity index is 1.54. The van der Waals surface area contributed by atoms with Gasteiger partial charge in [-0.3, -0.25) is 9.69 Å². The lowest BCUT2D eigenvalue weighted by Gasteiger charge is -2.44. The van der Waals surface area contributed by atoms with Crippen molar-refractivity contribution in [1.82, 2.24) is 15.1 Å². The number of carboxylic acids is 1. The van der Waals surface area contributed by atoms with Gasteiger partial charge >= 0.3 is 12.0 Å². The summed E-state index contributed by atoms with van der Waals surface area (Å²) in [5.74, 6) is -0.793. The Kier molecular flexibility index (Phi) is 6.14. The summed E-state index contributed by atoms with van der Waals surface area (Å²) in [6, 6.07) is 10.8. The molecule has 2 amide bonds. The van der Waals surface area contributed by atoms with Gasteiger partial charge in [0.25, 0.3) is 0 Å². The second kappa shape index (κ2) is 8.54. The van der Waals surface area contributed by atoms with Crippen LogP contribution in [0.2, 0.25) is 0 Å². The van der Waals surface area contributed by atoms with E-state index in [1.807, 2.05) is 34.9 Å². The first-order chi connectivity index (χ1) is 12.6. The number of hydrogen-bond acceptors (Lipinski definition) is 3. The number of likely N-dealkylation sites (N-methyl/N-ethyl adjacent to an activating group) is 1. The Labute approximate surface area is 155 Å². The van der Waals surface area contributed by atoms with E-state index < -0.39 is 5.97 Å². The zero-order valence-electron chi connectivity index (χ0n) is 15.4. The molecule has 0 aromatic heterocycles. The number of aliphatic carboxylic acids is 1. The Hall–Kier alpha value is -2.08. The number of likely N-dealkylation sites (tertiary alicyclic amines) is 1. The highest BCUT2D eigenvalue weighted by molar-refractivity contribution is 5.75. The predicted octanol–water partition coefficient (Wildman–Crippen LogP) is 2.86. The summed E-state index contributed by atoms with van der Waals surface area (Å²) in [5, 5.41) is 12.1. The smallest absolute Gasteiger partial charge is 0.318 e. The van der Waals surface area contributed by atoms with Crippen LogP contribution in [-0.4, -0.2) is 58.6 Å². The molecule has 0 spiro atoms. The molecule has 0 bridgehead atoms. The average Bonchev–Trinajstić information content (AvgIpc) is 2.63. The van der Waals surface area contributed by atoms with Gasteiger partial charge in [0.2, 0.25) is 0 Å². The summed E-state index contributed by atoms with van der Waals surface area (Å²) < 4.78 is 0. The lowest BCUT2D eigenvalue weighted by Crippen LogP contribution is -2.57. The molecule has 2 fully saturated rings. The van der Waals surface area contributed by atoms with Crippen molar-refractivity contribution in [3.05, 3.63) is 35.9 Å². The van der Waals surface area contributed by atoms with Gasteiger partial charge in [0.05, 0.1) is 12.6 Å². The molecule has 6 nitrogen and oxygen atoms in total. The second-order valence-electron chi connectivity index (χ2n) is 7.34. The summed E-state index contributed by atoms with van der Waals surface area (Å²) in [6.07, 6.45) is 4.86. The molecule has 142 valence electrons. The van der Waals surface area contributed by atoms with Crippen molar-refractivity contribution in [2.45, 2.75) is 57.2 Å². The highest BCUT2D eigenvalue weighted by atomic mass is 16.4. The summed E-state index contributed by atoms with van der Waals surface area (Å²) in [7, 11) is 0. The first-order valence-electron chi connectivity index (χ1n) is 9.66. The van der Waals surface area contributed by atoms with Crippen LogP contribution in [0.5, 0.6) is 0 Å². The van der Waals surface area contributed by atoms with Gasteiger partial charge < -0.3 is 15.3 Å². The average molecular weight is 359 g/mol. The van der Waals surface area contributed by atoms with Crippen molar-refractivity contribution in [3.63, 3.8) is 0 Å². The normalized spacial score (nSPS) is 25.6. The van der Waals surface area contributed by atoms with Crippen LogP contribution in [0.15, 0.2) is 30.3 Å². The van der Waals surface area contributed by atoms with Gasteiger partial charge in [-0.2, -0.15) is 0 Å². The topological polar surface area (TPSA) is 72.9 Å². The van der Waals surface area contributed by atoms with Crippen LogP contribution in [0.1, 0.15) is 50.6 Å². The van der Waals surface area contributed by atoms with Crippen LogP contribution in [0.25, 0.3) is 0 Å². The predicted molar refractivity (Wildman–Crippen MR) is 100.0 cm³/mol. The Morgan fingerprint density at radius 2 is 1.96 bits per heavy atom. The highest BCUT2D eigenvalue weighted by Crippen LogP contribution is 2.32. The van der Waals surface area contributed by atoms with Crippen molar-refractivity contribution >= 4 is 12.0 Å². The van der Waals surface area contributed by atoms with Crippen LogP contribution >= 0.6 is 0 Å². The van der Waals surface area contributed by atoms with Gasteiger partial charge in [-0.25, -0.2) is 4.79 Å². The van der Waals surface area contributed by atoms with E-state index >= 15 is 0 Å². The molecule has 2 aliphatic rings. The number of piperidine rings is 1. The molecule has 26 heavy (non-hydrogen) atoms. The molecule has 1 aliphatic heterocycles. The number of rotatable bonds is 6. The van der Waals surface area contributed by atoms with Crippen molar-refractivity contribution in [3.8, 4) is 0 Å². The molecule has 1 atom stereocenters. The zero-order chi connectivity index (χ0) is 18.5. The fourth-order valence-corrected chi connectivity index (χ4v) is 4.13. The second-order valence-corrected chi connectivity index (χ2v) is 7.34. The molecule has 1 aliphatic carbocycles. The van der Waals surface area contributed by atoms with Gasteiger partial charge in [-0.05, 0) is 44.2 Å². The standard InChI is InChI=1S/C20H29N3O3/c1-2-22(14-19(24)25)17-12-16(13-17)21-20(26)23-11-7-6-10-18(23)15-8-4-3-5-9-15/h3-5,8-9,16-18H,2,6-7,10-14H2,1H3,(H,21,26)(H,24,25). The van der Waals surface area contributed by atoms with Crippen LogP contribution in [0.4, 0.5) is 4.79 Å². The number of hydrogen-bond donors (Lipinski definition) is 2. The molecule has 2 N–H and O–H groups in total. The number of carbonyl (C=O) groups is 2. The monoisotopic (exact) mass is 359 g/mol. The van der Waals surface area contributed by atoms with Gasteiger partial charge in [0, 0.05) is 18.6 Å². The van der Waals surface area contributed by atoms with E-state index in [1.165, 1.54) is 5.56 Å². The number of benzene rings is 1. The lowest BCUT2D eigenvalue weighted by atomic mass is 9.85. The fourth-order valence-electron chi connectivity index (χ4n) is 4.13. The van der Waals surface area contributed by atoms with Crippen molar-refractivity contribution < 1.29 is 14.7 Å². The van der Waals surface area contributed by atoms with Gasteiger partial charge in [-0.15, -0.1) is 0 Å². The van der Waals surface area contributed by atoms with Crippen molar-refractivity contribution in [2.75, 3.05) is 19.6 Å². The molecule has 1 saturated heterocycles. The molecular weight excluding hydrogens is 330 g/mol. The minimum Gasteiger partial charge on any atom is -0.480 e. The first kappa shape index (κ1) is 18.7. The number of amides is 2. The van der Waals surface area contributed by atoms with Gasteiger partial charge in [0.15, 0.2) is 0 Å². The van der Waals surface area contributed by atoms with Crippen LogP contribution in [-0.2, 0) is 4.79 Å². The molecule has 1 unspecified atom stereocenters. The minimum absolute atomic E-state index is 0.0169. The van der Waals surface area contributed by atoms with Crippen LogP contribution in [0.3, 0.4) is 0 Å². The number of carboxylic acid groups (broad SMARTS) is 1. The van der Waals surface area contributed by atoms with Crippen LogP contribution in [0, 0.1) is 0 Å². The molecule has 0 radical (unpaired) electrons. The highest BCUT2D eigenvalue weighted by Gasteiger charge is 2.36. The third-order valence-electron chi connectivity index (χ3n) is 5.65. The summed E-state index contributed by atoms with van der Waals surface area (Å²) >= 11 is 0. The maximum absolute atomic E-state index is 12.8. The minimum atomic E-state index is -0.793. The van der Waals surface area contributed by atoms with E-state index in [2.05, 4.69) is 17.4 Å². The fraction of sp³-hybridized carbons (Fsp3) is 0.600. The molecule has 3 rings (SSSR count). The van der Waals surface area contributed by atoms with Gasteiger partial charge in [0.1, 0.15) is 0 Å². The number of nitrogens with one attached hydrogen (secondary N) is 1. The van der Waals surface area contributed by atoms with E-state index in [0.717, 1.165) is 45.2 Å². The van der Waals surface area contributed by atoms with E-state index in [-0.39, 0.29) is 30.7 Å². The Morgan fingerprint density at radius 1 is 1.23 bits per heavy atom. The van der Waals surface area contributed by atoms with E-state index in [4.69, 9.17) is 5.11 Å². The summed E-state index contributed by atoms with van der Waals surface area (Å²) in [5.41, 5.74) is 1.20. The van der Waals surface area contributed by atoms with E-state index in [1.54, 1.807) is 0 Å². The molecule has 6 heteroatoms. The van der Waals surface area contributed by atoms with Crippen LogP contribution < -0.4 is 5.32 Å². The number of nitrogens with zero attached hydrogens (tertiary/aromatic N) is 2. The van der Waals surface area contributed by atoms with E-state index in [9.17, 15) is 9.59 Å². The number of carbonyl (C=O) groups excluding carboxylic acids is 1.